The number of Topliss-reactive ketones (excluding diaryl/α,β-unsaturated/α-hetero) is 1. The lowest BCUT2D eigenvalue weighted by molar-refractivity contribution is -0.389. The van der Waals surface area contributed by atoms with Crippen molar-refractivity contribution >= 4 is 11.8 Å². The van der Waals surface area contributed by atoms with Crippen LogP contribution < -0.4 is 0 Å². The van der Waals surface area contributed by atoms with Gasteiger partial charge in [-0.15, -0.1) is 0 Å². The van der Waals surface area contributed by atoms with E-state index in [4.69, 9.17) is 5.11 Å². The van der Waals surface area contributed by atoms with Crippen molar-refractivity contribution in [2.45, 2.75) is 37.3 Å². The minimum absolute atomic E-state index is 0.904. The summed E-state index contributed by atoms with van der Waals surface area (Å²) in [4.78, 5) is 21.7. The van der Waals surface area contributed by atoms with E-state index < -0.39 is 48.7 Å². The number of aliphatic hydroxyl groups excluding tert-OH is 4. The van der Waals surface area contributed by atoms with E-state index in [0.29, 0.717) is 0 Å². The van der Waals surface area contributed by atoms with Crippen molar-refractivity contribution in [3.8, 4) is 0 Å². The van der Waals surface area contributed by atoms with E-state index in [2.05, 4.69) is 9.47 Å². The highest BCUT2D eigenvalue weighted by molar-refractivity contribution is 6.32. The van der Waals surface area contributed by atoms with E-state index >= 15 is 0 Å². The third kappa shape index (κ3) is 2.66. The molecule has 0 aliphatic carbocycles. The van der Waals surface area contributed by atoms with E-state index in [0.717, 1.165) is 6.92 Å². The standard InChI is InChI=1S/C9H14O9/c1-3(11)7(15)17-8-5(13)4(12)6(14)9(16,2-10)18-8/h4-6,8,10,12-14,16H,2H2,1H3/t4-,5+,6+,8?,9+/m1/s1. The Hall–Kier alpha value is -1.10. The van der Waals surface area contributed by atoms with Gasteiger partial charge in [-0.1, -0.05) is 0 Å². The number of carbonyl (C=O) groups is 2. The molecule has 0 amide bonds. The van der Waals surface area contributed by atoms with Crippen LogP contribution in [-0.2, 0) is 19.1 Å². The third-order valence-corrected chi connectivity index (χ3v) is 2.47. The zero-order valence-corrected chi connectivity index (χ0v) is 9.39. The monoisotopic (exact) mass is 266 g/mol. The van der Waals surface area contributed by atoms with E-state index in [1.54, 1.807) is 0 Å². The molecule has 1 heterocycles. The van der Waals surface area contributed by atoms with Gasteiger partial charge >= 0.3 is 5.97 Å². The average Bonchev–Trinajstić information content (AvgIpc) is 2.33. The highest BCUT2D eigenvalue weighted by atomic mass is 16.8. The highest BCUT2D eigenvalue weighted by Gasteiger charge is 2.54. The Balaban J connectivity index is 2.86. The van der Waals surface area contributed by atoms with Crippen LogP contribution in [-0.4, -0.2) is 74.3 Å². The molecule has 5 N–H and O–H groups in total. The molecule has 0 aromatic heterocycles. The fourth-order valence-corrected chi connectivity index (χ4v) is 1.37. The topological polar surface area (TPSA) is 154 Å². The molecule has 0 aromatic rings. The first-order valence-electron chi connectivity index (χ1n) is 4.99. The van der Waals surface area contributed by atoms with Crippen LogP contribution in [0.1, 0.15) is 6.92 Å². The van der Waals surface area contributed by atoms with E-state index in [-0.39, 0.29) is 0 Å². The Kier molecular flexibility index (Phi) is 4.37. The molecule has 9 nitrogen and oxygen atoms in total. The molecule has 0 saturated carbocycles. The average molecular weight is 266 g/mol. The lowest BCUT2D eigenvalue weighted by Gasteiger charge is -2.43. The molecule has 104 valence electrons. The molecule has 1 aliphatic heterocycles. The van der Waals surface area contributed by atoms with Crippen molar-refractivity contribution in [2.24, 2.45) is 0 Å². The fraction of sp³-hybridized carbons (Fsp3) is 0.778. The summed E-state index contributed by atoms with van der Waals surface area (Å²) in [5.41, 5.74) is 0. The largest absolute Gasteiger partial charge is 0.427 e. The maximum atomic E-state index is 11.0. The van der Waals surface area contributed by atoms with Gasteiger partial charge in [0.05, 0.1) is 6.61 Å². The smallest absolute Gasteiger partial charge is 0.376 e. The summed E-state index contributed by atoms with van der Waals surface area (Å²) < 4.78 is 8.97. The Morgan fingerprint density at radius 3 is 2.28 bits per heavy atom. The number of ether oxygens (including phenoxy) is 2. The summed E-state index contributed by atoms with van der Waals surface area (Å²) in [6.45, 7) is -0.215. The van der Waals surface area contributed by atoms with Crippen LogP contribution in [0.5, 0.6) is 0 Å². The van der Waals surface area contributed by atoms with Gasteiger partial charge in [0.15, 0.2) is 0 Å². The van der Waals surface area contributed by atoms with E-state index in [1.165, 1.54) is 0 Å². The van der Waals surface area contributed by atoms with E-state index in [1.807, 2.05) is 0 Å². The van der Waals surface area contributed by atoms with Gasteiger partial charge in [-0.3, -0.25) is 4.79 Å². The molecule has 5 atom stereocenters. The van der Waals surface area contributed by atoms with Crippen molar-refractivity contribution < 1.29 is 44.6 Å². The summed E-state index contributed by atoms with van der Waals surface area (Å²) in [7, 11) is 0. The van der Waals surface area contributed by atoms with Gasteiger partial charge in [-0.05, 0) is 0 Å². The van der Waals surface area contributed by atoms with Gasteiger partial charge in [0.2, 0.25) is 17.9 Å². The predicted molar refractivity (Wildman–Crippen MR) is 51.7 cm³/mol. The van der Waals surface area contributed by atoms with Crippen molar-refractivity contribution in [1.29, 1.82) is 0 Å². The molecular weight excluding hydrogens is 252 g/mol. The highest BCUT2D eigenvalue weighted by Crippen LogP contribution is 2.28. The van der Waals surface area contributed by atoms with Crippen LogP contribution in [0.2, 0.25) is 0 Å². The first-order valence-corrected chi connectivity index (χ1v) is 4.99. The summed E-state index contributed by atoms with van der Waals surface area (Å²) >= 11 is 0. The summed E-state index contributed by atoms with van der Waals surface area (Å²) in [6, 6.07) is 0. The number of esters is 1. The van der Waals surface area contributed by atoms with Crippen molar-refractivity contribution in [1.82, 2.24) is 0 Å². The van der Waals surface area contributed by atoms with Crippen LogP contribution in [0.25, 0.3) is 0 Å². The second kappa shape index (κ2) is 5.26. The van der Waals surface area contributed by atoms with Gasteiger partial charge in [-0.25, -0.2) is 4.79 Å². The molecule has 1 aliphatic rings. The van der Waals surface area contributed by atoms with Crippen molar-refractivity contribution in [2.75, 3.05) is 6.61 Å². The lowest BCUT2D eigenvalue weighted by atomic mass is 9.96. The second-order valence-corrected chi connectivity index (χ2v) is 3.88. The number of aliphatic hydroxyl groups is 5. The SMILES string of the molecule is CC(=O)C(=O)OC1O[C@@](O)(CO)[C@@H](O)[C@H](O)[C@@H]1O. The first kappa shape index (κ1) is 15.0. The molecule has 0 spiro atoms. The molecule has 0 aromatic carbocycles. The minimum Gasteiger partial charge on any atom is -0.427 e. The molecule has 9 heteroatoms. The van der Waals surface area contributed by atoms with Gasteiger partial charge in [-0.2, -0.15) is 0 Å². The summed E-state index contributed by atoms with van der Waals surface area (Å²) in [5, 5.41) is 46.7. The molecule has 0 bridgehead atoms. The van der Waals surface area contributed by atoms with Crippen LogP contribution in [0.4, 0.5) is 0 Å². The number of ketones is 1. The van der Waals surface area contributed by atoms with Crippen LogP contribution in [0, 0.1) is 0 Å². The van der Waals surface area contributed by atoms with Gasteiger partial charge in [0, 0.05) is 6.92 Å². The fourth-order valence-electron chi connectivity index (χ4n) is 1.37. The number of hydrogen-bond acceptors (Lipinski definition) is 9. The lowest BCUT2D eigenvalue weighted by Crippen LogP contribution is -2.66. The zero-order chi connectivity index (χ0) is 14.1. The van der Waals surface area contributed by atoms with Gasteiger partial charge in [0.25, 0.3) is 0 Å². The third-order valence-electron chi connectivity index (χ3n) is 2.47. The molecule has 1 fully saturated rings. The first-order chi connectivity index (χ1) is 8.23. The van der Waals surface area contributed by atoms with Crippen molar-refractivity contribution in [3.05, 3.63) is 0 Å². The maximum Gasteiger partial charge on any atom is 0.376 e. The molecular formula is C9H14O9. The predicted octanol–water partition coefficient (Wildman–Crippen LogP) is -3.76. The van der Waals surface area contributed by atoms with Crippen molar-refractivity contribution in [3.63, 3.8) is 0 Å². The number of carbonyl (C=O) groups excluding carboxylic acids is 2. The maximum absolute atomic E-state index is 11.0. The Labute approximate surface area is 101 Å². The molecule has 1 saturated heterocycles. The Morgan fingerprint density at radius 1 is 1.28 bits per heavy atom. The number of hydrogen-bond donors (Lipinski definition) is 5. The molecule has 1 rings (SSSR count). The zero-order valence-electron chi connectivity index (χ0n) is 9.39. The second-order valence-electron chi connectivity index (χ2n) is 3.88. The minimum atomic E-state index is -2.61. The van der Waals surface area contributed by atoms with Gasteiger partial charge in [0.1, 0.15) is 18.3 Å². The van der Waals surface area contributed by atoms with Gasteiger partial charge < -0.3 is 35.0 Å². The van der Waals surface area contributed by atoms with Crippen LogP contribution in [0.3, 0.4) is 0 Å². The van der Waals surface area contributed by atoms with Crippen LogP contribution >= 0.6 is 0 Å². The van der Waals surface area contributed by atoms with Crippen LogP contribution in [0.15, 0.2) is 0 Å². The molecule has 1 unspecified atom stereocenters. The molecule has 18 heavy (non-hydrogen) atoms. The Bertz CT molecular complexity index is 343. The molecule has 0 radical (unpaired) electrons. The van der Waals surface area contributed by atoms with E-state index in [9.17, 15) is 30.0 Å². The quantitative estimate of drug-likeness (QED) is 0.256. The summed E-state index contributed by atoms with van der Waals surface area (Å²) in [6.07, 6.45) is -7.71. The Morgan fingerprint density at radius 2 is 1.83 bits per heavy atom. The summed E-state index contributed by atoms with van der Waals surface area (Å²) in [5.74, 6) is -4.96. The number of rotatable bonds is 3. The normalized spacial score (nSPS) is 40.3.